The summed E-state index contributed by atoms with van der Waals surface area (Å²) >= 11 is 0. The van der Waals surface area contributed by atoms with Gasteiger partial charge in [0.15, 0.2) is 17.5 Å². The van der Waals surface area contributed by atoms with Crippen LogP contribution in [0.4, 0.5) is 0 Å². The second-order valence-electron chi connectivity index (χ2n) is 5.25. The van der Waals surface area contributed by atoms with Crippen molar-refractivity contribution in [2.45, 2.75) is 45.8 Å². The zero-order valence-corrected chi connectivity index (χ0v) is 14.8. The zero-order chi connectivity index (χ0) is 18.7. The van der Waals surface area contributed by atoms with Crippen LogP contribution in [0, 0.1) is 0 Å². The van der Waals surface area contributed by atoms with E-state index in [1.165, 1.54) is 0 Å². The monoisotopic (exact) mass is 351 g/mol. The van der Waals surface area contributed by atoms with E-state index in [-0.39, 0.29) is 6.61 Å². The number of aliphatic hydroxyl groups excluding tert-OH is 1. The van der Waals surface area contributed by atoms with Crippen LogP contribution in [0.5, 0.6) is 11.5 Å². The van der Waals surface area contributed by atoms with Gasteiger partial charge in [0.05, 0.1) is 25.9 Å². The van der Waals surface area contributed by atoms with Crippen LogP contribution >= 0.6 is 0 Å². The highest BCUT2D eigenvalue weighted by atomic mass is 16.5. The Labute approximate surface area is 147 Å². The molecule has 8 heteroatoms. The predicted octanol–water partition coefficient (Wildman–Crippen LogP) is 3.54. The molecule has 0 aliphatic heterocycles. The molecule has 0 aromatic heterocycles. The Morgan fingerprint density at radius 3 is 2.40 bits per heavy atom. The minimum atomic E-state index is -1.37. The molecule has 25 heavy (non-hydrogen) atoms. The van der Waals surface area contributed by atoms with Gasteiger partial charge in [0.2, 0.25) is 0 Å². The van der Waals surface area contributed by atoms with E-state index < -0.39 is 18.1 Å². The first kappa shape index (κ1) is 20.6. The lowest BCUT2D eigenvalue weighted by Crippen LogP contribution is -2.28. The Kier molecular flexibility index (Phi) is 9.21. The maximum absolute atomic E-state index is 11.9. The average Bonchev–Trinajstić information content (AvgIpc) is 2.62. The highest BCUT2D eigenvalue weighted by Crippen LogP contribution is 2.32. The normalized spacial score (nSPS) is 12.6. The van der Waals surface area contributed by atoms with Crippen LogP contribution in [-0.2, 0) is 9.53 Å². The number of carbonyl (C=O) groups excluding carboxylic acids is 1. The van der Waals surface area contributed by atoms with Gasteiger partial charge in [0.25, 0.3) is 0 Å². The summed E-state index contributed by atoms with van der Waals surface area (Å²) in [7, 11) is 0. The molecule has 8 nitrogen and oxygen atoms in total. The fourth-order valence-electron chi connectivity index (χ4n) is 2.07. The summed E-state index contributed by atoms with van der Waals surface area (Å²) in [4.78, 5) is 14.5. The molecule has 0 spiro atoms. The van der Waals surface area contributed by atoms with Gasteiger partial charge in [-0.25, -0.2) is 0 Å². The molecule has 1 N–H and O–H groups in total. The summed E-state index contributed by atoms with van der Waals surface area (Å²) in [6.07, 6.45) is 0.308. The van der Waals surface area contributed by atoms with Gasteiger partial charge in [-0.15, -0.1) is 0 Å². The molecule has 0 saturated heterocycles. The van der Waals surface area contributed by atoms with Gasteiger partial charge >= 0.3 is 5.97 Å². The lowest BCUT2D eigenvalue weighted by Gasteiger charge is -2.19. The molecule has 0 radical (unpaired) electrons. The van der Waals surface area contributed by atoms with Crippen molar-refractivity contribution in [3.05, 3.63) is 34.2 Å². The van der Waals surface area contributed by atoms with Crippen molar-refractivity contribution in [3.63, 3.8) is 0 Å². The fraction of sp³-hybridized carbons (Fsp3) is 0.588. The number of carbonyl (C=O) groups is 1. The summed E-state index contributed by atoms with van der Waals surface area (Å²) in [5, 5.41) is 13.8. The van der Waals surface area contributed by atoms with E-state index >= 15 is 0 Å². The number of esters is 1. The van der Waals surface area contributed by atoms with Crippen LogP contribution in [0.25, 0.3) is 10.4 Å². The smallest absolute Gasteiger partial charge is 0.317 e. The van der Waals surface area contributed by atoms with Crippen molar-refractivity contribution < 1.29 is 24.1 Å². The third kappa shape index (κ3) is 6.17. The summed E-state index contributed by atoms with van der Waals surface area (Å²) in [5.74, 6) is 0.244. The maximum atomic E-state index is 11.9. The Hall–Kier alpha value is -2.44. The van der Waals surface area contributed by atoms with Crippen molar-refractivity contribution in [2.75, 3.05) is 19.8 Å². The highest BCUT2D eigenvalue weighted by Gasteiger charge is 2.29. The molecular weight excluding hydrogens is 326 g/mol. The number of ether oxygens (including phenoxy) is 3. The quantitative estimate of drug-likeness (QED) is 0.283. The van der Waals surface area contributed by atoms with Crippen LogP contribution in [-0.4, -0.2) is 36.9 Å². The lowest BCUT2D eigenvalue weighted by atomic mass is 10.0. The second-order valence-corrected chi connectivity index (χ2v) is 5.25. The summed E-state index contributed by atoms with van der Waals surface area (Å²) in [5.41, 5.74) is 9.03. The summed E-state index contributed by atoms with van der Waals surface area (Å²) < 4.78 is 16.1. The molecule has 1 aromatic carbocycles. The van der Waals surface area contributed by atoms with Gasteiger partial charge < -0.3 is 19.3 Å². The largest absolute Gasteiger partial charge is 0.490 e. The van der Waals surface area contributed by atoms with Gasteiger partial charge in [-0.1, -0.05) is 25.0 Å². The Bertz CT molecular complexity index is 602. The maximum Gasteiger partial charge on any atom is 0.317 e. The van der Waals surface area contributed by atoms with Crippen LogP contribution in [0.2, 0.25) is 0 Å². The fourth-order valence-corrected chi connectivity index (χ4v) is 2.07. The van der Waals surface area contributed by atoms with Gasteiger partial charge in [0, 0.05) is 4.91 Å². The minimum absolute atomic E-state index is 0.123. The van der Waals surface area contributed by atoms with E-state index in [2.05, 4.69) is 10.0 Å². The molecule has 0 amide bonds. The Morgan fingerprint density at radius 1 is 1.20 bits per heavy atom. The molecule has 0 aliphatic carbocycles. The van der Waals surface area contributed by atoms with Gasteiger partial charge in [-0.2, -0.15) is 0 Å². The molecule has 138 valence electrons. The molecule has 0 bridgehead atoms. The molecular formula is C17H25N3O5. The second kappa shape index (κ2) is 11.2. The molecule has 2 atom stereocenters. The van der Waals surface area contributed by atoms with Crippen molar-refractivity contribution >= 4 is 5.97 Å². The van der Waals surface area contributed by atoms with Crippen molar-refractivity contribution in [2.24, 2.45) is 5.11 Å². The molecule has 1 aromatic rings. The molecule has 0 aliphatic rings. The van der Waals surface area contributed by atoms with Crippen molar-refractivity contribution in [3.8, 4) is 11.5 Å². The first-order valence-electron chi connectivity index (χ1n) is 8.37. The number of rotatable bonds is 11. The van der Waals surface area contributed by atoms with Crippen LogP contribution in [0.1, 0.15) is 45.3 Å². The van der Waals surface area contributed by atoms with E-state index in [1.54, 1.807) is 25.1 Å². The van der Waals surface area contributed by atoms with Gasteiger partial charge in [0.1, 0.15) is 0 Å². The number of hydrogen-bond donors (Lipinski definition) is 1. The molecule has 0 heterocycles. The molecule has 1 rings (SSSR count). The summed E-state index contributed by atoms with van der Waals surface area (Å²) in [6, 6.07) is 3.49. The highest BCUT2D eigenvalue weighted by molar-refractivity contribution is 5.77. The first-order chi connectivity index (χ1) is 12.1. The van der Waals surface area contributed by atoms with Crippen LogP contribution in [0.15, 0.2) is 23.3 Å². The Balaban J connectivity index is 3.11. The third-order valence-electron chi connectivity index (χ3n) is 3.24. The number of hydrogen-bond acceptors (Lipinski definition) is 6. The molecule has 0 saturated carbocycles. The topological polar surface area (TPSA) is 114 Å². The molecule has 0 fully saturated rings. The van der Waals surface area contributed by atoms with E-state index in [9.17, 15) is 9.90 Å². The first-order valence-corrected chi connectivity index (χ1v) is 8.37. The standard InChI is InChI=1S/C17H25N3O5/c1-4-9-24-13-8-7-12(11-14(13)25-10-5-2)16(21)15(19-20-18)17(22)23-6-3/h7-8,11,15-16,21H,4-6,9-10H2,1-3H3. The van der Waals surface area contributed by atoms with Gasteiger partial charge in [-0.3, -0.25) is 4.79 Å². The average molecular weight is 351 g/mol. The van der Waals surface area contributed by atoms with E-state index in [0.717, 1.165) is 12.8 Å². The summed E-state index contributed by atoms with van der Waals surface area (Å²) in [6.45, 7) is 6.75. The number of nitrogens with zero attached hydrogens (tertiary/aromatic N) is 3. The molecule has 2 unspecified atom stereocenters. The number of azide groups is 1. The Morgan fingerprint density at radius 2 is 1.84 bits per heavy atom. The minimum Gasteiger partial charge on any atom is -0.490 e. The van der Waals surface area contributed by atoms with E-state index in [0.29, 0.717) is 30.3 Å². The number of aliphatic hydroxyl groups is 1. The van der Waals surface area contributed by atoms with Crippen LogP contribution < -0.4 is 9.47 Å². The van der Waals surface area contributed by atoms with Crippen LogP contribution in [0.3, 0.4) is 0 Å². The lowest BCUT2D eigenvalue weighted by molar-refractivity contribution is -0.147. The number of benzene rings is 1. The zero-order valence-electron chi connectivity index (χ0n) is 14.8. The van der Waals surface area contributed by atoms with Gasteiger partial charge in [-0.05, 0) is 43.0 Å². The third-order valence-corrected chi connectivity index (χ3v) is 3.24. The predicted molar refractivity (Wildman–Crippen MR) is 92.5 cm³/mol. The van der Waals surface area contributed by atoms with Crippen molar-refractivity contribution in [1.82, 2.24) is 0 Å². The van der Waals surface area contributed by atoms with E-state index in [4.69, 9.17) is 19.7 Å². The van der Waals surface area contributed by atoms with E-state index in [1.807, 2.05) is 13.8 Å². The van der Waals surface area contributed by atoms with Crippen molar-refractivity contribution in [1.29, 1.82) is 0 Å². The SMILES string of the molecule is CCCOc1ccc(C(O)C(N=[N+]=[N-])C(=O)OCC)cc1OCCC.